The van der Waals surface area contributed by atoms with Crippen LogP contribution in [0.4, 0.5) is 5.69 Å². The van der Waals surface area contributed by atoms with Gasteiger partial charge in [0.05, 0.1) is 18.4 Å². The van der Waals surface area contributed by atoms with Crippen molar-refractivity contribution in [3.8, 4) is 5.75 Å². The Labute approximate surface area is 300 Å². The van der Waals surface area contributed by atoms with Gasteiger partial charge in [-0.15, -0.1) is 0 Å². The van der Waals surface area contributed by atoms with Crippen molar-refractivity contribution in [3.63, 3.8) is 0 Å². The molecule has 3 N–H and O–H groups in total. The summed E-state index contributed by atoms with van der Waals surface area (Å²) in [6.45, 7) is 3.94. The van der Waals surface area contributed by atoms with E-state index in [1.807, 2.05) is 24.3 Å². The van der Waals surface area contributed by atoms with E-state index in [0.717, 1.165) is 32.1 Å². The van der Waals surface area contributed by atoms with Crippen LogP contribution in [0.25, 0.3) is 0 Å². The van der Waals surface area contributed by atoms with E-state index in [1.165, 1.54) is 15.4 Å². The van der Waals surface area contributed by atoms with E-state index in [2.05, 4.69) is 15.7 Å². The first-order chi connectivity index (χ1) is 23.9. The van der Waals surface area contributed by atoms with Gasteiger partial charge >= 0.3 is 10.2 Å². The molecular formula is C38H48ClN3O7S. The summed E-state index contributed by atoms with van der Waals surface area (Å²) in [7, 11) is -4.24. The van der Waals surface area contributed by atoms with Gasteiger partial charge in [0.15, 0.2) is 5.60 Å². The first kappa shape index (κ1) is 35.4. The summed E-state index contributed by atoms with van der Waals surface area (Å²) >= 11 is 6.44. The van der Waals surface area contributed by atoms with Crippen LogP contribution >= 0.6 is 11.6 Å². The van der Waals surface area contributed by atoms with Gasteiger partial charge in [0, 0.05) is 49.0 Å². The fourth-order valence-electron chi connectivity index (χ4n) is 8.75. The molecule has 2 fully saturated rings. The Balaban J connectivity index is 1.32. The Morgan fingerprint density at radius 1 is 1.08 bits per heavy atom. The lowest BCUT2D eigenvalue weighted by atomic mass is 9.68. The van der Waals surface area contributed by atoms with E-state index in [4.69, 9.17) is 16.3 Å². The highest BCUT2D eigenvalue weighted by molar-refractivity contribution is 7.87. The highest BCUT2D eigenvalue weighted by Gasteiger charge is 2.47. The molecule has 5 aliphatic rings. The number of fused-ring (bicyclic) bond motifs is 4. The first-order valence-electron chi connectivity index (χ1n) is 18.1. The monoisotopic (exact) mass is 725 g/mol. The van der Waals surface area contributed by atoms with Crippen LogP contribution < -0.4 is 14.4 Å². The number of ether oxygens (including phenoxy) is 1. The second kappa shape index (κ2) is 13.9. The minimum atomic E-state index is -4.24. The zero-order valence-electron chi connectivity index (χ0n) is 28.7. The van der Waals surface area contributed by atoms with Crippen molar-refractivity contribution >= 4 is 39.2 Å². The number of hydrogen-bond acceptors (Lipinski definition) is 8. The molecule has 3 aliphatic heterocycles. The number of benzene rings is 2. The van der Waals surface area contributed by atoms with E-state index in [0.29, 0.717) is 61.8 Å². The molecule has 12 heteroatoms. The third kappa shape index (κ3) is 6.72. The average molecular weight is 726 g/mol. The maximum absolute atomic E-state index is 14.0. The molecule has 3 heterocycles. The smallest absolute Gasteiger partial charge is 0.303 e. The van der Waals surface area contributed by atoms with Crippen molar-refractivity contribution in [2.45, 2.75) is 88.3 Å². The van der Waals surface area contributed by atoms with Crippen molar-refractivity contribution in [2.24, 2.45) is 17.8 Å². The number of carbonyl (C=O) groups excluding carboxylic acids is 2. The molecule has 10 nitrogen and oxygen atoms in total. The molecule has 0 radical (unpaired) electrons. The van der Waals surface area contributed by atoms with Gasteiger partial charge in [-0.25, -0.2) is 4.72 Å². The fraction of sp³-hybridized carbons (Fsp3) is 0.579. The molecule has 2 aromatic rings. The van der Waals surface area contributed by atoms with Crippen molar-refractivity contribution in [2.75, 3.05) is 37.7 Å². The SMILES string of the molecule is CC1CC/C=C/[C@H](O)[C@@H]2CC[C@H]2CN2C[C@@]3(CCCc4cc(Cl)ccc43)COc3ccc(cc32)[C@@](O)(C(=O)NS(=O)(=O)N2CCCC2)CC1=O. The van der Waals surface area contributed by atoms with Gasteiger partial charge in [0.1, 0.15) is 11.5 Å². The third-order valence-electron chi connectivity index (χ3n) is 12.0. The van der Waals surface area contributed by atoms with Crippen LogP contribution in [0.1, 0.15) is 81.4 Å². The lowest BCUT2D eigenvalue weighted by molar-refractivity contribution is -0.145. The lowest BCUT2D eigenvalue weighted by Gasteiger charge is -2.45. The van der Waals surface area contributed by atoms with Gasteiger partial charge < -0.3 is 19.8 Å². The van der Waals surface area contributed by atoms with E-state index in [-0.39, 0.29) is 41.7 Å². The van der Waals surface area contributed by atoms with Gasteiger partial charge in [-0.2, -0.15) is 12.7 Å². The average Bonchev–Trinajstić information content (AvgIpc) is 3.58. The van der Waals surface area contributed by atoms with Crippen molar-refractivity contribution in [1.29, 1.82) is 0 Å². The largest absolute Gasteiger partial charge is 0.490 e. The number of carbonyl (C=O) groups is 2. The predicted octanol–water partition coefficient (Wildman–Crippen LogP) is 4.79. The van der Waals surface area contributed by atoms with Crippen LogP contribution in [0.2, 0.25) is 5.02 Å². The molecule has 6 atom stereocenters. The molecule has 1 spiro atoms. The maximum atomic E-state index is 14.0. The number of nitrogens with one attached hydrogen (secondary N) is 1. The Morgan fingerprint density at radius 2 is 1.88 bits per heavy atom. The highest BCUT2D eigenvalue weighted by Crippen LogP contribution is 2.47. The van der Waals surface area contributed by atoms with E-state index >= 15 is 0 Å². The quantitative estimate of drug-likeness (QED) is 0.385. The normalized spacial score (nSPS) is 32.6. The number of nitrogens with zero attached hydrogens (tertiary/aromatic N) is 2. The van der Waals surface area contributed by atoms with Crippen molar-refractivity contribution in [1.82, 2.24) is 9.03 Å². The Bertz CT molecular complexity index is 1780. The predicted molar refractivity (Wildman–Crippen MR) is 191 cm³/mol. The summed E-state index contributed by atoms with van der Waals surface area (Å²) in [5, 5.41) is 24.3. The van der Waals surface area contributed by atoms with Crippen molar-refractivity contribution in [3.05, 3.63) is 70.3 Å². The molecule has 1 amide bonds. The summed E-state index contributed by atoms with van der Waals surface area (Å²) in [5.74, 6) is -1.19. The van der Waals surface area contributed by atoms with E-state index in [9.17, 15) is 28.2 Å². The molecule has 7 rings (SSSR count). The summed E-state index contributed by atoms with van der Waals surface area (Å²) in [6.07, 6.45) is 9.57. The van der Waals surface area contributed by atoms with Gasteiger partial charge in [-0.05, 0) is 111 Å². The summed E-state index contributed by atoms with van der Waals surface area (Å²) < 4.78 is 36.5. The lowest BCUT2D eigenvalue weighted by Crippen LogP contribution is -2.52. The Kier molecular flexibility index (Phi) is 9.84. The van der Waals surface area contributed by atoms with E-state index < -0.39 is 40.2 Å². The minimum absolute atomic E-state index is 0.0703. The summed E-state index contributed by atoms with van der Waals surface area (Å²) in [6, 6.07) is 11.1. The topological polar surface area (TPSA) is 136 Å². The van der Waals surface area contributed by atoms with Gasteiger partial charge in [0.2, 0.25) is 0 Å². The highest BCUT2D eigenvalue weighted by atomic mass is 35.5. The van der Waals surface area contributed by atoms with Gasteiger partial charge in [0.25, 0.3) is 5.91 Å². The van der Waals surface area contributed by atoms with Crippen LogP contribution in [0, 0.1) is 17.8 Å². The van der Waals surface area contributed by atoms with Crippen LogP contribution in [0.3, 0.4) is 0 Å². The molecule has 2 aromatic carbocycles. The molecule has 1 unspecified atom stereocenters. The Hall–Kier alpha value is -2.96. The molecule has 0 aromatic heterocycles. The number of aliphatic hydroxyl groups excluding tert-OH is 1. The number of Topliss-reactive ketones (excluding diaryl/α,β-unsaturated/α-hetero) is 1. The molecule has 270 valence electrons. The van der Waals surface area contributed by atoms with Crippen LogP contribution in [0.15, 0.2) is 48.6 Å². The van der Waals surface area contributed by atoms with Gasteiger partial charge in [-0.3, -0.25) is 9.59 Å². The molecular weight excluding hydrogens is 678 g/mol. The second-order valence-electron chi connectivity index (χ2n) is 15.2. The number of halogens is 1. The zero-order valence-corrected chi connectivity index (χ0v) is 30.2. The Morgan fingerprint density at radius 3 is 2.64 bits per heavy atom. The number of ketones is 1. The number of allylic oxidation sites excluding steroid dienone is 1. The number of aliphatic hydroxyl groups is 2. The van der Waals surface area contributed by atoms with Crippen LogP contribution in [-0.4, -0.2) is 73.5 Å². The molecule has 1 saturated heterocycles. The molecule has 2 aliphatic carbocycles. The molecule has 2 bridgehead atoms. The standard InChI is InChI=1S/C38H48ClN3O7S/c1-25-7-2-3-9-33(43)30-13-10-27(30)22-41-23-37(16-6-8-26-19-29(39)12-14-31(26)37)24-49-35-15-11-28(20-32(35)41)38(46,21-34(25)44)36(45)40-50(47,48)42-17-4-5-18-42/h3,9,11-12,14-15,19-20,25,27,30,33,43,46H,2,4-8,10,13,16-18,21-24H2,1H3,(H,40,45)/b9-3+/t25?,27-,30+,33-,37-,38+/m0/s1. The number of aryl methyl sites for hydroxylation is 1. The number of anilines is 1. The first-order valence-corrected chi connectivity index (χ1v) is 19.9. The zero-order chi connectivity index (χ0) is 35.3. The fourth-order valence-corrected chi connectivity index (χ4v) is 10.2. The van der Waals surface area contributed by atoms with Crippen LogP contribution in [-0.2, 0) is 37.2 Å². The second-order valence-corrected chi connectivity index (χ2v) is 17.3. The van der Waals surface area contributed by atoms with Gasteiger partial charge in [-0.1, -0.05) is 42.8 Å². The van der Waals surface area contributed by atoms with Crippen LogP contribution in [0.5, 0.6) is 5.75 Å². The summed E-state index contributed by atoms with van der Waals surface area (Å²) in [4.78, 5) is 30.0. The molecule has 50 heavy (non-hydrogen) atoms. The number of amides is 1. The number of rotatable bonds is 3. The molecule has 1 saturated carbocycles. The van der Waals surface area contributed by atoms with E-state index in [1.54, 1.807) is 25.1 Å². The summed E-state index contributed by atoms with van der Waals surface area (Å²) in [5.41, 5.74) is 0.371. The van der Waals surface area contributed by atoms with Crippen molar-refractivity contribution < 1.29 is 33.0 Å². The third-order valence-corrected chi connectivity index (χ3v) is 13.7. The maximum Gasteiger partial charge on any atom is 0.303 e. The number of hydrogen-bond donors (Lipinski definition) is 3. The minimum Gasteiger partial charge on any atom is -0.490 e.